The van der Waals surface area contributed by atoms with Gasteiger partial charge in [-0.1, -0.05) is 52.7 Å². The number of hydrogen-bond acceptors (Lipinski definition) is 7. The first-order valence-corrected chi connectivity index (χ1v) is 17.6. The summed E-state index contributed by atoms with van der Waals surface area (Å²) in [4.78, 5) is 12.2. The van der Waals surface area contributed by atoms with Crippen LogP contribution in [-0.2, 0) is 4.79 Å². The van der Waals surface area contributed by atoms with Crippen LogP contribution in [0.3, 0.4) is 0 Å². The first-order valence-electron chi connectivity index (χ1n) is 16.8. The molecular weight excluding hydrogens is 573 g/mol. The Morgan fingerprint density at radius 3 is 2.30 bits per heavy atom. The molecular formula is C33H55F3N4O2S. The summed E-state index contributed by atoms with van der Waals surface area (Å²) >= 11 is 0.0817. The van der Waals surface area contributed by atoms with E-state index >= 15 is 0 Å². The molecule has 5 aliphatic rings. The molecule has 0 amide bonds. The number of aliphatic hydroxyl groups is 1. The van der Waals surface area contributed by atoms with Gasteiger partial charge in [0.2, 0.25) is 0 Å². The monoisotopic (exact) mass is 628 g/mol. The Balaban J connectivity index is 0.000000782. The fraction of sp³-hybridized carbons (Fsp3) is 0.848. The van der Waals surface area contributed by atoms with Gasteiger partial charge in [-0.25, -0.2) is 5.01 Å². The third-order valence-corrected chi connectivity index (χ3v) is 11.8. The zero-order valence-electron chi connectivity index (χ0n) is 26.5. The predicted octanol–water partition coefficient (Wildman–Crippen LogP) is 6.63. The van der Waals surface area contributed by atoms with Crippen molar-refractivity contribution in [2.24, 2.45) is 23.7 Å². The van der Waals surface area contributed by atoms with E-state index in [2.05, 4.69) is 47.7 Å². The highest BCUT2D eigenvalue weighted by Crippen LogP contribution is 2.46. The number of hydrogen-bond donors (Lipinski definition) is 3. The van der Waals surface area contributed by atoms with Crippen molar-refractivity contribution >= 4 is 17.5 Å². The molecule has 0 aromatic heterocycles. The van der Waals surface area contributed by atoms with Crippen LogP contribution in [0, 0.1) is 23.7 Å². The van der Waals surface area contributed by atoms with Gasteiger partial charge in [0, 0.05) is 48.7 Å². The molecule has 3 aliphatic heterocycles. The van der Waals surface area contributed by atoms with Crippen LogP contribution >= 0.6 is 11.8 Å². The lowest BCUT2D eigenvalue weighted by atomic mass is 9.68. The lowest BCUT2D eigenvalue weighted by Crippen LogP contribution is -2.58. The van der Waals surface area contributed by atoms with Crippen LogP contribution in [-0.4, -0.2) is 75.0 Å². The Morgan fingerprint density at radius 1 is 1.07 bits per heavy atom. The first kappa shape index (κ1) is 34.8. The summed E-state index contributed by atoms with van der Waals surface area (Å²) < 4.78 is 38.5. The first-order chi connectivity index (χ1) is 20.5. The molecule has 5 rings (SSSR count). The minimum Gasteiger partial charge on any atom is -0.391 e. The van der Waals surface area contributed by atoms with Gasteiger partial charge in [0.25, 0.3) is 0 Å². The van der Waals surface area contributed by atoms with E-state index in [0.29, 0.717) is 42.9 Å². The molecule has 3 N–H and O–H groups in total. The van der Waals surface area contributed by atoms with Crippen molar-refractivity contribution in [3.8, 4) is 0 Å². The topological polar surface area (TPSA) is 67.8 Å². The summed E-state index contributed by atoms with van der Waals surface area (Å²) in [7, 11) is 0. The second-order valence-corrected chi connectivity index (χ2v) is 14.7. The van der Waals surface area contributed by atoms with Gasteiger partial charge in [-0.3, -0.25) is 10.2 Å². The Kier molecular flexibility index (Phi) is 12.5. The lowest BCUT2D eigenvalue weighted by Gasteiger charge is -2.50. The van der Waals surface area contributed by atoms with Crippen molar-refractivity contribution in [1.29, 1.82) is 0 Å². The van der Waals surface area contributed by atoms with E-state index in [1.807, 2.05) is 0 Å². The zero-order chi connectivity index (χ0) is 31.3. The van der Waals surface area contributed by atoms with Gasteiger partial charge < -0.3 is 15.3 Å². The van der Waals surface area contributed by atoms with Crippen molar-refractivity contribution in [1.82, 2.24) is 20.7 Å². The fourth-order valence-corrected chi connectivity index (χ4v) is 9.28. The number of halogens is 3. The summed E-state index contributed by atoms with van der Waals surface area (Å²) in [5, 5.41) is 16.4. The Hall–Kier alpha value is -1.07. The minimum absolute atomic E-state index is 0.0185. The summed E-state index contributed by atoms with van der Waals surface area (Å²) in [6, 6.07) is 1.36. The third-order valence-electron chi connectivity index (χ3n) is 10.9. The molecule has 2 saturated carbocycles. The molecule has 3 saturated heterocycles. The molecule has 10 heteroatoms. The van der Waals surface area contributed by atoms with Gasteiger partial charge >= 0.3 is 5.51 Å². The van der Waals surface area contributed by atoms with E-state index < -0.39 is 10.9 Å². The Morgan fingerprint density at radius 2 is 1.79 bits per heavy atom. The zero-order valence-corrected chi connectivity index (χ0v) is 27.3. The molecule has 6 nitrogen and oxygen atoms in total. The van der Waals surface area contributed by atoms with Crippen LogP contribution in [0.25, 0.3) is 0 Å². The van der Waals surface area contributed by atoms with Crippen LogP contribution in [0.1, 0.15) is 97.8 Å². The number of aliphatic hydroxyl groups excluding tert-OH is 1. The number of nitrogens with one attached hydrogen (secondary N) is 2. The molecule has 3 heterocycles. The Labute approximate surface area is 261 Å². The maximum Gasteiger partial charge on any atom is 0.443 e. The highest BCUT2D eigenvalue weighted by atomic mass is 32.2. The quantitative estimate of drug-likeness (QED) is 0.248. The van der Waals surface area contributed by atoms with Crippen LogP contribution in [0.15, 0.2) is 24.9 Å². The Bertz CT molecular complexity index is 940. The van der Waals surface area contributed by atoms with Gasteiger partial charge in [-0.2, -0.15) is 13.2 Å². The van der Waals surface area contributed by atoms with Crippen LogP contribution < -0.4 is 10.7 Å². The molecule has 43 heavy (non-hydrogen) atoms. The number of piperidine rings is 2. The molecule has 0 aromatic carbocycles. The van der Waals surface area contributed by atoms with E-state index in [-0.39, 0.29) is 35.6 Å². The van der Waals surface area contributed by atoms with Gasteiger partial charge in [0.1, 0.15) is 0 Å². The number of thioether (sulfide) groups is 1. The van der Waals surface area contributed by atoms with Crippen LogP contribution in [0.2, 0.25) is 0 Å². The molecule has 5 fully saturated rings. The van der Waals surface area contributed by atoms with Crippen molar-refractivity contribution in [3.05, 3.63) is 24.9 Å². The fourth-order valence-electron chi connectivity index (χ4n) is 8.52. The molecule has 0 spiro atoms. The number of allylic oxidation sites excluding steroid dienone is 1. The van der Waals surface area contributed by atoms with Crippen LogP contribution in [0.4, 0.5) is 13.2 Å². The molecule has 2 aliphatic carbocycles. The number of alkyl halides is 3. The average Bonchev–Trinajstić information content (AvgIpc) is 3.29. The minimum atomic E-state index is -4.20. The van der Waals surface area contributed by atoms with E-state index in [9.17, 15) is 23.1 Å². The number of carbonyl (C=O) groups excluding carboxylic acids is 1. The normalized spacial score (nSPS) is 37.1. The number of hydrazine groups is 1. The summed E-state index contributed by atoms with van der Waals surface area (Å²) in [5.41, 5.74) is 0.839. The van der Waals surface area contributed by atoms with Gasteiger partial charge in [0.05, 0.1) is 17.5 Å². The summed E-state index contributed by atoms with van der Waals surface area (Å²) in [5.74, 6) is 2.21. The van der Waals surface area contributed by atoms with E-state index in [1.54, 1.807) is 0 Å². The SMILES string of the molecule is C=C(C1CCC(SC(F)(F)F)NC1)N1CCC2C(C(CCC)NN2C2CCC(C3CCC3)CC2O)C1CC.C=CC(C)=O. The molecule has 0 radical (unpaired) electrons. The molecule has 0 aromatic rings. The largest absolute Gasteiger partial charge is 0.443 e. The predicted molar refractivity (Wildman–Crippen MR) is 169 cm³/mol. The number of carbonyl (C=O) groups is 1. The maximum absolute atomic E-state index is 12.8. The average molecular weight is 629 g/mol. The molecule has 9 unspecified atom stereocenters. The molecule has 246 valence electrons. The molecule has 0 bridgehead atoms. The summed E-state index contributed by atoms with van der Waals surface area (Å²) in [6.07, 6.45) is 13.9. The number of rotatable bonds is 9. The molecule has 9 atom stereocenters. The van der Waals surface area contributed by atoms with Crippen LogP contribution in [0.5, 0.6) is 0 Å². The highest BCUT2D eigenvalue weighted by molar-refractivity contribution is 8.00. The van der Waals surface area contributed by atoms with Crippen molar-refractivity contribution < 1.29 is 23.1 Å². The van der Waals surface area contributed by atoms with Crippen molar-refractivity contribution in [2.75, 3.05) is 13.1 Å². The third kappa shape index (κ3) is 8.60. The number of fused-ring (bicyclic) bond motifs is 1. The second-order valence-electron chi connectivity index (χ2n) is 13.5. The van der Waals surface area contributed by atoms with Gasteiger partial charge in [-0.15, -0.1) is 0 Å². The second kappa shape index (κ2) is 15.5. The smallest absolute Gasteiger partial charge is 0.391 e. The highest BCUT2D eigenvalue weighted by Gasteiger charge is 2.53. The van der Waals surface area contributed by atoms with Crippen molar-refractivity contribution in [2.45, 2.75) is 139 Å². The maximum atomic E-state index is 12.8. The van der Waals surface area contributed by atoms with Gasteiger partial charge in [-0.05, 0) is 88.0 Å². The number of ketones is 1. The standard InChI is InChI=1S/C29H49F3N4OS.C4H6O/c1-4-7-22-28-23(5-2)35(18(3)21-11-13-27(33-17-21)38-29(30,31)32)15-14-25(28)36(34-22)24-12-10-20(16-26(24)37)19-8-6-9-19;1-3-4(2)5/h19-28,33-34,37H,3-17H2,1-2H3;3H,1H2,2H3. The number of likely N-dealkylation sites (tertiary alicyclic amines) is 1. The van der Waals surface area contributed by atoms with E-state index in [0.717, 1.165) is 63.1 Å². The van der Waals surface area contributed by atoms with E-state index in [1.165, 1.54) is 38.7 Å². The van der Waals surface area contributed by atoms with Gasteiger partial charge in [0.15, 0.2) is 5.78 Å². The lowest BCUT2D eigenvalue weighted by molar-refractivity contribution is -0.112. The van der Waals surface area contributed by atoms with E-state index in [4.69, 9.17) is 0 Å². The number of nitrogens with zero attached hydrogens (tertiary/aromatic N) is 2. The van der Waals surface area contributed by atoms with Crippen molar-refractivity contribution in [3.63, 3.8) is 0 Å². The summed E-state index contributed by atoms with van der Waals surface area (Å²) in [6.45, 7) is 15.2.